The number of methoxy groups -OCH3 is 1. The number of aromatic nitrogens is 1. The summed E-state index contributed by atoms with van der Waals surface area (Å²) in [6.45, 7) is 8.69. The molecule has 0 aliphatic heterocycles. The Balaban J connectivity index is 0.00000155. The summed E-state index contributed by atoms with van der Waals surface area (Å²) in [6.07, 6.45) is 2.30. The molecule has 6 nitrogen and oxygen atoms in total. The van der Waals surface area contributed by atoms with Crippen molar-refractivity contribution >= 4 is 33.9 Å². The smallest absolute Gasteiger partial charge is 0.311 e. The molecule has 1 heterocycles. The van der Waals surface area contributed by atoms with Crippen LogP contribution in [0.4, 0.5) is 11.4 Å². The van der Waals surface area contributed by atoms with Crippen LogP contribution < -0.4 is 10.1 Å². The lowest BCUT2D eigenvalue weighted by Gasteiger charge is -2.16. The minimum atomic E-state index is -0.445. The fourth-order valence-electron chi connectivity index (χ4n) is 3.11. The van der Waals surface area contributed by atoms with E-state index in [1.807, 2.05) is 26.0 Å². The van der Waals surface area contributed by atoms with Crippen molar-refractivity contribution in [3.8, 4) is 5.75 Å². The van der Waals surface area contributed by atoms with Crippen molar-refractivity contribution in [2.45, 2.75) is 46.6 Å². The maximum Gasteiger partial charge on any atom is 0.311 e. The molecule has 1 atom stereocenters. The first-order chi connectivity index (χ1) is 14.4. The lowest BCUT2D eigenvalue weighted by Crippen LogP contribution is -2.06. The molecule has 1 unspecified atom stereocenters. The van der Waals surface area contributed by atoms with Crippen molar-refractivity contribution in [1.29, 1.82) is 0 Å². The third-order valence-electron chi connectivity index (χ3n) is 4.95. The molecule has 7 heteroatoms. The minimum absolute atomic E-state index is 0.0926. The zero-order chi connectivity index (χ0) is 22.3. The first-order valence-electron chi connectivity index (χ1n) is 10.1. The largest absolute Gasteiger partial charge is 0.496 e. The van der Waals surface area contributed by atoms with Gasteiger partial charge in [0, 0.05) is 22.5 Å². The van der Waals surface area contributed by atoms with Crippen molar-refractivity contribution in [3.63, 3.8) is 0 Å². The predicted molar refractivity (Wildman–Crippen MR) is 124 cm³/mol. The average molecular weight is 430 g/mol. The number of nitrogens with zero attached hydrogens (tertiary/aromatic N) is 2. The number of nitrogens with one attached hydrogen (secondary N) is 1. The van der Waals surface area contributed by atoms with E-state index in [1.54, 1.807) is 25.3 Å². The average Bonchev–Trinajstić information content (AvgIpc) is 2.77. The Bertz CT molecular complexity index is 1020. The van der Waals surface area contributed by atoms with Gasteiger partial charge in [-0.2, -0.15) is 0 Å². The number of benzene rings is 2. The number of hydrogen-bond donors (Lipinski definition) is 1. The number of fused-ring (bicyclic) bond motifs is 1. The summed E-state index contributed by atoms with van der Waals surface area (Å²) in [7, 11) is 1.63. The molecule has 0 fully saturated rings. The fourth-order valence-corrected chi connectivity index (χ4v) is 3.28. The molecule has 2 aromatic carbocycles. The highest BCUT2D eigenvalue weighted by atomic mass is 35.5. The minimum Gasteiger partial charge on any atom is -0.496 e. The number of pyridine rings is 1. The number of ether oxygens (including phenoxy) is 1. The lowest BCUT2D eigenvalue weighted by atomic mass is 9.97. The zero-order valence-corrected chi connectivity index (χ0v) is 18.8. The summed E-state index contributed by atoms with van der Waals surface area (Å²) < 4.78 is 5.55. The van der Waals surface area contributed by atoms with E-state index >= 15 is 0 Å². The zero-order valence-electron chi connectivity index (χ0n) is 18.0. The number of hydrogen-bond acceptors (Lipinski definition) is 5. The molecule has 0 amide bonds. The Morgan fingerprint density at radius 3 is 2.60 bits per heavy atom. The van der Waals surface area contributed by atoms with Crippen LogP contribution in [0.3, 0.4) is 0 Å². The van der Waals surface area contributed by atoms with Gasteiger partial charge in [-0.3, -0.25) is 10.1 Å². The van der Waals surface area contributed by atoms with Gasteiger partial charge in [0.1, 0.15) is 17.6 Å². The highest BCUT2D eigenvalue weighted by Crippen LogP contribution is 2.34. The van der Waals surface area contributed by atoms with Gasteiger partial charge in [0.25, 0.3) is 0 Å². The SMILES string of the molecule is CC.CCC(C)c1ccc(CNc2c([N+](=O)[O-])cnc3ccc(Cl)cc23)c(OC)c1. The highest BCUT2D eigenvalue weighted by Gasteiger charge is 2.19. The van der Waals surface area contributed by atoms with E-state index in [-0.39, 0.29) is 5.69 Å². The van der Waals surface area contributed by atoms with Gasteiger partial charge in [-0.15, -0.1) is 0 Å². The molecule has 0 bridgehead atoms. The molecule has 0 saturated carbocycles. The van der Waals surface area contributed by atoms with Crippen LogP contribution in [0.15, 0.2) is 42.6 Å². The molecule has 0 aliphatic rings. The molecule has 160 valence electrons. The molecule has 30 heavy (non-hydrogen) atoms. The van der Waals surface area contributed by atoms with Gasteiger partial charge in [-0.05, 0) is 42.2 Å². The normalized spacial score (nSPS) is 11.4. The molecular weight excluding hydrogens is 402 g/mol. The Morgan fingerprint density at radius 1 is 1.23 bits per heavy atom. The summed E-state index contributed by atoms with van der Waals surface area (Å²) >= 11 is 6.10. The van der Waals surface area contributed by atoms with E-state index in [0.717, 1.165) is 17.7 Å². The van der Waals surface area contributed by atoms with Gasteiger partial charge < -0.3 is 10.1 Å². The van der Waals surface area contributed by atoms with Gasteiger partial charge in [-0.25, -0.2) is 4.98 Å². The molecule has 0 spiro atoms. The van der Waals surface area contributed by atoms with Crippen molar-refractivity contribution < 1.29 is 9.66 Å². The predicted octanol–water partition coefficient (Wildman–Crippen LogP) is 6.96. The second-order valence-corrected chi connectivity index (χ2v) is 7.11. The Morgan fingerprint density at radius 2 is 1.97 bits per heavy atom. The molecule has 0 saturated heterocycles. The van der Waals surface area contributed by atoms with E-state index in [2.05, 4.69) is 30.2 Å². The fraction of sp³-hybridized carbons (Fsp3) is 0.348. The quantitative estimate of drug-likeness (QED) is 0.324. The van der Waals surface area contributed by atoms with Gasteiger partial charge >= 0.3 is 5.69 Å². The summed E-state index contributed by atoms with van der Waals surface area (Å²) in [4.78, 5) is 15.2. The Labute approximate surface area is 182 Å². The Kier molecular flexibility index (Phi) is 8.42. The topological polar surface area (TPSA) is 77.3 Å². The van der Waals surface area contributed by atoms with E-state index in [4.69, 9.17) is 16.3 Å². The van der Waals surface area contributed by atoms with Crippen LogP contribution in [-0.4, -0.2) is 17.0 Å². The van der Waals surface area contributed by atoms with Crippen LogP contribution in [0.5, 0.6) is 5.75 Å². The second kappa shape index (κ2) is 10.8. The lowest BCUT2D eigenvalue weighted by molar-refractivity contribution is -0.384. The first-order valence-corrected chi connectivity index (χ1v) is 10.5. The summed E-state index contributed by atoms with van der Waals surface area (Å²) in [5.74, 6) is 1.19. The van der Waals surface area contributed by atoms with E-state index in [0.29, 0.717) is 34.1 Å². The van der Waals surface area contributed by atoms with E-state index in [9.17, 15) is 10.1 Å². The van der Waals surface area contributed by atoms with Crippen LogP contribution in [0.25, 0.3) is 10.9 Å². The maximum atomic E-state index is 11.5. The molecule has 1 N–H and O–H groups in total. The number of anilines is 1. The second-order valence-electron chi connectivity index (χ2n) is 6.67. The molecular formula is C23H28ClN3O3. The number of nitro groups is 1. The van der Waals surface area contributed by atoms with Crippen LogP contribution in [0, 0.1) is 10.1 Å². The van der Waals surface area contributed by atoms with Crippen molar-refractivity contribution in [2.75, 3.05) is 12.4 Å². The van der Waals surface area contributed by atoms with Gasteiger partial charge in [0.15, 0.2) is 0 Å². The maximum absolute atomic E-state index is 11.5. The van der Waals surface area contributed by atoms with E-state index in [1.165, 1.54) is 11.8 Å². The molecule has 3 aromatic rings. The molecule has 1 aromatic heterocycles. The van der Waals surface area contributed by atoms with Gasteiger partial charge in [0.05, 0.1) is 17.5 Å². The van der Waals surface area contributed by atoms with Crippen molar-refractivity contribution in [2.24, 2.45) is 0 Å². The third kappa shape index (κ3) is 5.19. The van der Waals surface area contributed by atoms with Crippen LogP contribution >= 0.6 is 11.6 Å². The summed E-state index contributed by atoms with van der Waals surface area (Å²) in [5, 5.41) is 15.8. The molecule has 0 radical (unpaired) electrons. The van der Waals surface area contributed by atoms with Crippen LogP contribution in [-0.2, 0) is 6.54 Å². The molecule has 3 rings (SSSR count). The molecule has 0 aliphatic carbocycles. The number of halogens is 1. The van der Waals surface area contributed by atoms with Gasteiger partial charge in [-0.1, -0.05) is 51.4 Å². The van der Waals surface area contributed by atoms with E-state index < -0.39 is 4.92 Å². The Hall–Kier alpha value is -2.86. The van der Waals surface area contributed by atoms with Crippen LogP contribution in [0.2, 0.25) is 5.02 Å². The van der Waals surface area contributed by atoms with Crippen molar-refractivity contribution in [3.05, 3.63) is 68.9 Å². The van der Waals surface area contributed by atoms with Gasteiger partial charge in [0.2, 0.25) is 0 Å². The first kappa shape index (κ1) is 23.4. The standard InChI is InChI=1S/C21H22ClN3O3.C2H6/c1-4-13(2)14-5-6-15(20(9-14)28-3)11-24-21-17-10-16(22)7-8-18(17)23-12-19(21)25(26)27;1-2/h5-10,12-13H,4,11H2,1-3H3,(H,23,24);1-2H3. The summed E-state index contributed by atoms with van der Waals surface area (Å²) in [5.41, 5.74) is 3.05. The van der Waals surface area contributed by atoms with Crippen molar-refractivity contribution in [1.82, 2.24) is 4.98 Å². The monoisotopic (exact) mass is 429 g/mol. The number of rotatable bonds is 7. The third-order valence-corrected chi connectivity index (χ3v) is 5.19. The highest BCUT2D eigenvalue weighted by molar-refractivity contribution is 6.31. The van der Waals surface area contributed by atoms with Crippen LogP contribution in [0.1, 0.15) is 51.2 Å². The summed E-state index contributed by atoms with van der Waals surface area (Å²) in [6, 6.07) is 11.2.